The predicted octanol–water partition coefficient (Wildman–Crippen LogP) is 1.14. The van der Waals surface area contributed by atoms with Crippen LogP contribution in [0.15, 0.2) is 24.3 Å². The van der Waals surface area contributed by atoms with E-state index in [4.69, 9.17) is 10.5 Å². The molecule has 0 radical (unpaired) electrons. The van der Waals surface area contributed by atoms with Gasteiger partial charge in [-0.2, -0.15) is 0 Å². The number of rotatable bonds is 4. The number of methoxy groups -OCH3 is 1. The fourth-order valence-electron chi connectivity index (χ4n) is 2.30. The summed E-state index contributed by atoms with van der Waals surface area (Å²) in [5, 5.41) is 0. The molecule has 1 aliphatic heterocycles. The molecule has 1 aromatic carbocycles. The number of likely N-dealkylation sites (tertiary alicyclic amines) is 1. The molecule has 2 rings (SSSR count). The Morgan fingerprint density at radius 2 is 2.18 bits per heavy atom. The number of nitrogens with zero attached hydrogens (tertiary/aromatic N) is 1. The van der Waals surface area contributed by atoms with Crippen molar-refractivity contribution in [3.63, 3.8) is 0 Å². The van der Waals surface area contributed by atoms with Crippen LogP contribution in [0.3, 0.4) is 0 Å². The van der Waals surface area contributed by atoms with Crippen molar-refractivity contribution in [2.45, 2.75) is 25.4 Å². The largest absolute Gasteiger partial charge is 0.497 e. The fourth-order valence-corrected chi connectivity index (χ4v) is 2.30. The second-order valence-corrected chi connectivity index (χ2v) is 4.38. The van der Waals surface area contributed by atoms with Gasteiger partial charge in [-0.15, -0.1) is 0 Å². The Morgan fingerprint density at radius 1 is 1.47 bits per heavy atom. The van der Waals surface area contributed by atoms with Crippen LogP contribution in [0.1, 0.15) is 18.4 Å². The molecule has 1 atom stereocenters. The lowest BCUT2D eigenvalue weighted by Crippen LogP contribution is -2.39. The molecule has 2 N–H and O–H groups in total. The third-order valence-corrected chi connectivity index (χ3v) is 3.24. The van der Waals surface area contributed by atoms with Crippen molar-refractivity contribution in [2.75, 3.05) is 13.7 Å². The van der Waals surface area contributed by atoms with Crippen LogP contribution in [0.25, 0.3) is 0 Å². The summed E-state index contributed by atoms with van der Waals surface area (Å²) in [5.74, 6) is 0.637. The molecular formula is C13H18N2O2. The number of primary amides is 1. The molecule has 1 heterocycles. The number of carbonyl (C=O) groups is 1. The van der Waals surface area contributed by atoms with Gasteiger partial charge in [0.1, 0.15) is 5.75 Å². The minimum absolute atomic E-state index is 0.0999. The van der Waals surface area contributed by atoms with Crippen molar-refractivity contribution >= 4 is 5.91 Å². The fraction of sp³-hybridized carbons (Fsp3) is 0.462. The summed E-state index contributed by atoms with van der Waals surface area (Å²) in [6.07, 6.45) is 1.93. The topological polar surface area (TPSA) is 55.6 Å². The Morgan fingerprint density at radius 3 is 2.76 bits per heavy atom. The van der Waals surface area contributed by atoms with E-state index in [9.17, 15) is 4.79 Å². The highest BCUT2D eigenvalue weighted by atomic mass is 16.5. The molecule has 0 bridgehead atoms. The van der Waals surface area contributed by atoms with Crippen molar-refractivity contribution in [3.8, 4) is 5.75 Å². The van der Waals surface area contributed by atoms with Crippen molar-refractivity contribution in [2.24, 2.45) is 5.73 Å². The van der Waals surface area contributed by atoms with E-state index in [1.165, 1.54) is 5.56 Å². The first-order chi connectivity index (χ1) is 8.20. The minimum Gasteiger partial charge on any atom is -0.497 e. The van der Waals surface area contributed by atoms with Crippen molar-refractivity contribution in [1.29, 1.82) is 0 Å². The van der Waals surface area contributed by atoms with E-state index in [-0.39, 0.29) is 11.9 Å². The highest BCUT2D eigenvalue weighted by Gasteiger charge is 2.28. The van der Waals surface area contributed by atoms with Crippen LogP contribution in [-0.4, -0.2) is 30.5 Å². The first kappa shape index (κ1) is 11.9. The zero-order valence-corrected chi connectivity index (χ0v) is 10.1. The molecule has 1 aromatic rings. The number of nitrogens with two attached hydrogens (primary N) is 1. The quantitative estimate of drug-likeness (QED) is 0.850. The Kier molecular flexibility index (Phi) is 3.64. The highest BCUT2D eigenvalue weighted by molar-refractivity contribution is 5.80. The number of carbonyl (C=O) groups excluding carboxylic acids is 1. The monoisotopic (exact) mass is 234 g/mol. The molecule has 1 amide bonds. The Hall–Kier alpha value is -1.55. The van der Waals surface area contributed by atoms with Crippen LogP contribution in [0.4, 0.5) is 0 Å². The number of hydrogen-bond donors (Lipinski definition) is 1. The Bertz CT molecular complexity index is 389. The van der Waals surface area contributed by atoms with Crippen molar-refractivity contribution in [1.82, 2.24) is 4.90 Å². The molecule has 0 saturated carbocycles. The molecule has 0 aliphatic carbocycles. The summed E-state index contributed by atoms with van der Waals surface area (Å²) in [6.45, 7) is 1.72. The van der Waals surface area contributed by atoms with Gasteiger partial charge in [0.15, 0.2) is 0 Å². The van der Waals surface area contributed by atoms with Gasteiger partial charge in [0.05, 0.1) is 13.2 Å². The summed E-state index contributed by atoms with van der Waals surface area (Å²) >= 11 is 0. The normalized spacial score (nSPS) is 20.4. The number of hydrogen-bond acceptors (Lipinski definition) is 3. The average molecular weight is 234 g/mol. The van der Waals surface area contributed by atoms with Crippen LogP contribution in [0, 0.1) is 0 Å². The molecule has 1 fully saturated rings. The predicted molar refractivity (Wildman–Crippen MR) is 65.6 cm³/mol. The summed E-state index contributed by atoms with van der Waals surface area (Å²) in [6, 6.07) is 7.82. The molecule has 92 valence electrons. The molecule has 17 heavy (non-hydrogen) atoms. The maximum atomic E-state index is 11.3. The van der Waals surface area contributed by atoms with Crippen molar-refractivity contribution in [3.05, 3.63) is 29.8 Å². The third-order valence-electron chi connectivity index (χ3n) is 3.24. The maximum Gasteiger partial charge on any atom is 0.234 e. The maximum absolute atomic E-state index is 11.3. The molecule has 4 nitrogen and oxygen atoms in total. The van der Waals surface area contributed by atoms with E-state index in [1.54, 1.807) is 7.11 Å². The van der Waals surface area contributed by atoms with E-state index in [0.717, 1.165) is 31.7 Å². The van der Waals surface area contributed by atoms with E-state index in [2.05, 4.69) is 4.90 Å². The van der Waals surface area contributed by atoms with Gasteiger partial charge < -0.3 is 10.5 Å². The Labute approximate surface area is 101 Å². The summed E-state index contributed by atoms with van der Waals surface area (Å²) in [7, 11) is 1.65. The number of benzene rings is 1. The van der Waals surface area contributed by atoms with Crippen LogP contribution >= 0.6 is 0 Å². The zero-order chi connectivity index (χ0) is 12.3. The zero-order valence-electron chi connectivity index (χ0n) is 10.1. The van der Waals surface area contributed by atoms with Gasteiger partial charge in [0, 0.05) is 6.54 Å². The van der Waals surface area contributed by atoms with Crippen LogP contribution in [0.5, 0.6) is 5.75 Å². The lowest BCUT2D eigenvalue weighted by atomic mass is 10.1. The molecule has 1 unspecified atom stereocenters. The summed E-state index contributed by atoms with van der Waals surface area (Å²) < 4.78 is 5.11. The van der Waals surface area contributed by atoms with Gasteiger partial charge in [-0.3, -0.25) is 9.69 Å². The molecule has 0 spiro atoms. The van der Waals surface area contributed by atoms with Gasteiger partial charge in [0.25, 0.3) is 0 Å². The van der Waals surface area contributed by atoms with Gasteiger partial charge in [-0.1, -0.05) is 12.1 Å². The van der Waals surface area contributed by atoms with E-state index in [0.29, 0.717) is 0 Å². The number of amides is 1. The highest BCUT2D eigenvalue weighted by Crippen LogP contribution is 2.20. The molecule has 1 saturated heterocycles. The van der Waals surface area contributed by atoms with Gasteiger partial charge >= 0.3 is 0 Å². The van der Waals surface area contributed by atoms with Crippen molar-refractivity contribution < 1.29 is 9.53 Å². The average Bonchev–Trinajstić information content (AvgIpc) is 2.78. The van der Waals surface area contributed by atoms with Crippen LogP contribution < -0.4 is 10.5 Å². The van der Waals surface area contributed by atoms with E-state index in [1.807, 2.05) is 24.3 Å². The van der Waals surface area contributed by atoms with Gasteiger partial charge in [-0.25, -0.2) is 0 Å². The van der Waals surface area contributed by atoms with Crippen LogP contribution in [0.2, 0.25) is 0 Å². The lowest BCUT2D eigenvalue weighted by Gasteiger charge is -2.21. The molecule has 0 aromatic heterocycles. The molecule has 4 heteroatoms. The first-order valence-corrected chi connectivity index (χ1v) is 5.87. The lowest BCUT2D eigenvalue weighted by molar-refractivity contribution is -0.122. The molecule has 1 aliphatic rings. The third kappa shape index (κ3) is 2.77. The van der Waals surface area contributed by atoms with Gasteiger partial charge in [-0.05, 0) is 37.1 Å². The second-order valence-electron chi connectivity index (χ2n) is 4.38. The second kappa shape index (κ2) is 5.19. The SMILES string of the molecule is COc1ccc(CN2CCCC2C(N)=O)cc1. The van der Waals surface area contributed by atoms with Gasteiger partial charge in [0.2, 0.25) is 5.91 Å². The van der Waals surface area contributed by atoms with E-state index < -0.39 is 0 Å². The first-order valence-electron chi connectivity index (χ1n) is 5.87. The van der Waals surface area contributed by atoms with Crippen LogP contribution in [-0.2, 0) is 11.3 Å². The standard InChI is InChI=1S/C13H18N2O2/c1-17-11-6-4-10(5-7-11)9-15-8-2-3-12(15)13(14)16/h4-7,12H,2-3,8-9H2,1H3,(H2,14,16). The smallest absolute Gasteiger partial charge is 0.234 e. The number of ether oxygens (including phenoxy) is 1. The summed E-state index contributed by atoms with van der Waals surface area (Å²) in [4.78, 5) is 13.4. The van der Waals surface area contributed by atoms with E-state index >= 15 is 0 Å². The summed E-state index contributed by atoms with van der Waals surface area (Å²) in [5.41, 5.74) is 6.57. The molecular weight excluding hydrogens is 216 g/mol. The Balaban J connectivity index is 2.02. The minimum atomic E-state index is -0.212.